The maximum atomic E-state index is 11.0. The molecule has 2 aromatic carbocycles. The first-order chi connectivity index (χ1) is 16.6. The van der Waals surface area contributed by atoms with E-state index in [-0.39, 0.29) is 0 Å². The van der Waals surface area contributed by atoms with Crippen LogP contribution in [0.1, 0.15) is 23.3 Å². The molecule has 2 aliphatic rings. The SMILES string of the molecule is COc1cnc2cccc(C(O)CN3CCN(CC(O)c4ccc5c(c4)OCCO5)CC3)c2c1. The average Bonchev–Trinajstić information content (AvgIpc) is 2.88. The molecule has 0 radical (unpaired) electrons. The molecular weight excluding hydrogens is 434 g/mol. The van der Waals surface area contributed by atoms with Crippen molar-refractivity contribution < 1.29 is 24.4 Å². The lowest BCUT2D eigenvalue weighted by Gasteiger charge is -2.36. The Kier molecular flexibility index (Phi) is 6.82. The first-order valence-corrected chi connectivity index (χ1v) is 11.7. The lowest BCUT2D eigenvalue weighted by molar-refractivity contribution is 0.0484. The summed E-state index contributed by atoms with van der Waals surface area (Å²) in [4.78, 5) is 8.96. The van der Waals surface area contributed by atoms with Crippen LogP contribution in [-0.2, 0) is 0 Å². The Bertz CT molecular complexity index is 1130. The minimum atomic E-state index is -0.618. The first-order valence-electron chi connectivity index (χ1n) is 11.7. The second-order valence-corrected chi connectivity index (χ2v) is 8.82. The van der Waals surface area contributed by atoms with Crippen molar-refractivity contribution in [2.75, 3.05) is 59.6 Å². The summed E-state index contributed by atoms with van der Waals surface area (Å²) in [5, 5.41) is 22.7. The zero-order valence-corrected chi connectivity index (χ0v) is 19.4. The Labute approximate surface area is 199 Å². The van der Waals surface area contributed by atoms with Crippen molar-refractivity contribution in [3.63, 3.8) is 0 Å². The highest BCUT2D eigenvalue weighted by Crippen LogP contribution is 2.33. The molecule has 180 valence electrons. The quantitative estimate of drug-likeness (QED) is 0.550. The van der Waals surface area contributed by atoms with Gasteiger partial charge in [0.15, 0.2) is 11.5 Å². The van der Waals surface area contributed by atoms with Gasteiger partial charge < -0.3 is 24.4 Å². The molecule has 1 aromatic heterocycles. The second kappa shape index (κ2) is 10.1. The molecule has 34 heavy (non-hydrogen) atoms. The summed E-state index contributed by atoms with van der Waals surface area (Å²) in [5.41, 5.74) is 2.54. The minimum absolute atomic E-state index is 0.531. The topological polar surface area (TPSA) is 87.5 Å². The molecule has 0 bridgehead atoms. The zero-order chi connectivity index (χ0) is 23.5. The zero-order valence-electron chi connectivity index (χ0n) is 19.4. The monoisotopic (exact) mass is 465 g/mol. The van der Waals surface area contributed by atoms with E-state index in [1.54, 1.807) is 13.3 Å². The number of hydrogen-bond donors (Lipinski definition) is 2. The van der Waals surface area contributed by atoms with Crippen LogP contribution in [-0.4, -0.2) is 84.6 Å². The molecule has 0 amide bonds. The van der Waals surface area contributed by atoms with Crippen molar-refractivity contribution in [2.24, 2.45) is 0 Å². The summed E-state index contributed by atoms with van der Waals surface area (Å²) in [7, 11) is 1.62. The number of aromatic nitrogens is 1. The number of pyridine rings is 1. The number of rotatable bonds is 7. The number of benzene rings is 2. The largest absolute Gasteiger partial charge is 0.495 e. The summed E-state index contributed by atoms with van der Waals surface area (Å²) < 4.78 is 16.5. The predicted molar refractivity (Wildman–Crippen MR) is 129 cm³/mol. The molecule has 0 spiro atoms. The number of β-amino-alcohol motifs (C(OH)–C–C–N with tert-alkyl or cyclic N) is 2. The number of hydrogen-bond acceptors (Lipinski definition) is 8. The number of ether oxygens (including phenoxy) is 3. The normalized spacial score (nSPS) is 18.6. The van der Waals surface area contributed by atoms with Gasteiger partial charge in [0.25, 0.3) is 0 Å². The van der Waals surface area contributed by atoms with Crippen molar-refractivity contribution in [2.45, 2.75) is 12.2 Å². The van der Waals surface area contributed by atoms with Crippen LogP contribution in [0, 0.1) is 0 Å². The Balaban J connectivity index is 1.16. The van der Waals surface area contributed by atoms with E-state index in [1.807, 2.05) is 42.5 Å². The number of aliphatic hydroxyl groups is 2. The minimum Gasteiger partial charge on any atom is -0.495 e. The van der Waals surface area contributed by atoms with Gasteiger partial charge in [-0.1, -0.05) is 18.2 Å². The van der Waals surface area contributed by atoms with Gasteiger partial charge in [-0.05, 0) is 35.4 Å². The number of aliphatic hydroxyl groups excluding tert-OH is 2. The van der Waals surface area contributed by atoms with E-state index in [2.05, 4.69) is 14.8 Å². The molecule has 0 saturated carbocycles. The highest BCUT2D eigenvalue weighted by molar-refractivity contribution is 5.83. The lowest BCUT2D eigenvalue weighted by atomic mass is 10.0. The second-order valence-electron chi connectivity index (χ2n) is 8.82. The molecule has 1 saturated heterocycles. The van der Waals surface area contributed by atoms with Gasteiger partial charge in [0.1, 0.15) is 19.0 Å². The molecule has 0 aliphatic carbocycles. The van der Waals surface area contributed by atoms with Gasteiger partial charge in [-0.2, -0.15) is 0 Å². The average molecular weight is 466 g/mol. The van der Waals surface area contributed by atoms with Gasteiger partial charge in [0.05, 0.1) is 31.0 Å². The van der Waals surface area contributed by atoms with E-state index in [9.17, 15) is 10.2 Å². The van der Waals surface area contributed by atoms with E-state index in [4.69, 9.17) is 14.2 Å². The number of nitrogens with zero attached hydrogens (tertiary/aromatic N) is 3. The molecule has 3 aromatic rings. The third-order valence-corrected chi connectivity index (χ3v) is 6.61. The smallest absolute Gasteiger partial charge is 0.161 e. The van der Waals surface area contributed by atoms with E-state index >= 15 is 0 Å². The molecule has 5 rings (SSSR count). The first kappa shape index (κ1) is 22.9. The summed E-state index contributed by atoms with van der Waals surface area (Å²) in [6, 6.07) is 13.4. The van der Waals surface area contributed by atoms with Gasteiger partial charge in [-0.25, -0.2) is 0 Å². The number of piperazine rings is 1. The van der Waals surface area contributed by atoms with Gasteiger partial charge in [0.2, 0.25) is 0 Å². The Hall–Kier alpha value is -2.91. The molecule has 2 unspecified atom stereocenters. The van der Waals surface area contributed by atoms with E-state index in [0.717, 1.165) is 54.0 Å². The van der Waals surface area contributed by atoms with Gasteiger partial charge in [-0.3, -0.25) is 14.8 Å². The fourth-order valence-corrected chi connectivity index (χ4v) is 4.67. The van der Waals surface area contributed by atoms with E-state index in [1.165, 1.54) is 0 Å². The standard InChI is InChI=1S/C26H31N3O5/c1-32-19-14-21-20(3-2-4-22(21)27-15-19)24(31)17-29-9-7-28(8-10-29)16-23(30)18-5-6-25-26(13-18)34-12-11-33-25/h2-6,13-15,23-24,30-31H,7-12,16-17H2,1H3. The third kappa shape index (κ3) is 4.95. The highest BCUT2D eigenvalue weighted by Gasteiger charge is 2.24. The van der Waals surface area contributed by atoms with Crippen molar-refractivity contribution in [3.8, 4) is 17.2 Å². The molecule has 8 nitrogen and oxygen atoms in total. The van der Waals surface area contributed by atoms with Crippen molar-refractivity contribution in [1.29, 1.82) is 0 Å². The molecule has 2 atom stereocenters. The summed E-state index contributed by atoms with van der Waals surface area (Å²) in [5.74, 6) is 2.11. The Morgan fingerprint density at radius 2 is 1.62 bits per heavy atom. The van der Waals surface area contributed by atoms with Crippen LogP contribution in [0.5, 0.6) is 17.2 Å². The molecule has 3 heterocycles. The highest BCUT2D eigenvalue weighted by atomic mass is 16.6. The molecule has 2 aliphatic heterocycles. The van der Waals surface area contributed by atoms with Gasteiger partial charge in [-0.15, -0.1) is 0 Å². The molecular formula is C26H31N3O5. The third-order valence-electron chi connectivity index (χ3n) is 6.61. The predicted octanol–water partition coefficient (Wildman–Crippen LogP) is 2.40. The summed E-state index contributed by atoms with van der Waals surface area (Å²) >= 11 is 0. The van der Waals surface area contributed by atoms with Crippen molar-refractivity contribution >= 4 is 10.9 Å². The number of fused-ring (bicyclic) bond motifs is 2. The van der Waals surface area contributed by atoms with Crippen LogP contribution in [0.4, 0.5) is 0 Å². The summed E-state index contributed by atoms with van der Waals surface area (Å²) in [6.45, 7) is 5.52. The Morgan fingerprint density at radius 3 is 2.35 bits per heavy atom. The van der Waals surface area contributed by atoms with Crippen molar-refractivity contribution in [3.05, 3.63) is 59.8 Å². The fraction of sp³-hybridized carbons (Fsp3) is 0.423. The van der Waals surface area contributed by atoms with Crippen LogP contribution < -0.4 is 14.2 Å². The van der Waals surface area contributed by atoms with Gasteiger partial charge >= 0.3 is 0 Å². The van der Waals surface area contributed by atoms with E-state index in [0.29, 0.717) is 37.8 Å². The van der Waals surface area contributed by atoms with Crippen LogP contribution in [0.2, 0.25) is 0 Å². The maximum absolute atomic E-state index is 11.0. The van der Waals surface area contributed by atoms with Gasteiger partial charge in [0, 0.05) is 44.7 Å². The van der Waals surface area contributed by atoms with Crippen molar-refractivity contribution in [1.82, 2.24) is 14.8 Å². The lowest BCUT2D eigenvalue weighted by Crippen LogP contribution is -2.48. The van der Waals surface area contributed by atoms with Crippen LogP contribution >= 0.6 is 0 Å². The fourth-order valence-electron chi connectivity index (χ4n) is 4.67. The maximum Gasteiger partial charge on any atom is 0.161 e. The molecule has 8 heteroatoms. The number of methoxy groups -OCH3 is 1. The van der Waals surface area contributed by atoms with Crippen LogP contribution in [0.15, 0.2) is 48.7 Å². The summed E-state index contributed by atoms with van der Waals surface area (Å²) in [6.07, 6.45) is 0.482. The van der Waals surface area contributed by atoms with Crippen LogP contribution in [0.25, 0.3) is 10.9 Å². The van der Waals surface area contributed by atoms with Crippen LogP contribution in [0.3, 0.4) is 0 Å². The van der Waals surface area contributed by atoms with E-state index < -0.39 is 12.2 Å². The molecule has 1 fully saturated rings. The molecule has 2 N–H and O–H groups in total. The Morgan fingerprint density at radius 1 is 0.912 bits per heavy atom.